The minimum Gasteiger partial charge on any atom is -0.314 e. The molecule has 0 bridgehead atoms. The van der Waals surface area contributed by atoms with E-state index in [4.69, 9.17) is 0 Å². The van der Waals surface area contributed by atoms with E-state index in [9.17, 15) is 0 Å². The Balaban J connectivity index is 2.42. The Morgan fingerprint density at radius 2 is 2.62 bits per heavy atom. The minimum atomic E-state index is 0.494. The van der Waals surface area contributed by atoms with E-state index in [-0.39, 0.29) is 0 Å². The molecule has 1 N–H and O–H groups in total. The topological polar surface area (TPSA) is 24.9 Å². The van der Waals surface area contributed by atoms with Crippen molar-refractivity contribution in [3.8, 4) is 0 Å². The van der Waals surface area contributed by atoms with Gasteiger partial charge in [-0.3, -0.25) is 0 Å². The highest BCUT2D eigenvalue weighted by Crippen LogP contribution is 2.09. The predicted molar refractivity (Wildman–Crippen MR) is 58.1 cm³/mol. The first kappa shape index (κ1) is 10.4. The van der Waals surface area contributed by atoms with Crippen LogP contribution in [-0.2, 0) is 6.42 Å². The van der Waals surface area contributed by atoms with Crippen LogP contribution in [-0.4, -0.2) is 17.6 Å². The van der Waals surface area contributed by atoms with Crippen molar-refractivity contribution in [1.29, 1.82) is 0 Å². The normalized spacial score (nSPS) is 12.7. The van der Waals surface area contributed by atoms with E-state index in [1.165, 1.54) is 5.01 Å². The van der Waals surface area contributed by atoms with Crippen molar-refractivity contribution in [2.45, 2.75) is 25.8 Å². The van der Waals surface area contributed by atoms with Crippen LogP contribution in [0.2, 0.25) is 0 Å². The first-order chi connectivity index (χ1) is 6.36. The number of nitrogens with one attached hydrogen (secondary N) is 1. The van der Waals surface area contributed by atoms with Crippen LogP contribution in [0.15, 0.2) is 24.2 Å². The fraction of sp³-hybridized carbons (Fsp3) is 0.500. The van der Waals surface area contributed by atoms with Crippen LogP contribution in [0, 0.1) is 0 Å². The smallest absolute Gasteiger partial charge is 0.0940 e. The summed E-state index contributed by atoms with van der Waals surface area (Å²) in [6.07, 6.45) is 5.84. The Morgan fingerprint density at radius 1 is 1.77 bits per heavy atom. The molecule has 0 aliphatic carbocycles. The number of thiazole rings is 1. The van der Waals surface area contributed by atoms with E-state index in [1.807, 2.05) is 17.7 Å². The van der Waals surface area contributed by atoms with Crippen LogP contribution < -0.4 is 5.32 Å². The van der Waals surface area contributed by atoms with Crippen molar-refractivity contribution in [1.82, 2.24) is 10.3 Å². The van der Waals surface area contributed by atoms with Gasteiger partial charge in [0.25, 0.3) is 0 Å². The van der Waals surface area contributed by atoms with Crippen LogP contribution in [0.5, 0.6) is 0 Å². The molecule has 0 fully saturated rings. The molecule has 0 spiro atoms. The van der Waals surface area contributed by atoms with Crippen LogP contribution >= 0.6 is 11.3 Å². The van der Waals surface area contributed by atoms with Gasteiger partial charge in [-0.05, 0) is 13.0 Å². The molecule has 0 aliphatic heterocycles. The molecule has 1 aromatic rings. The van der Waals surface area contributed by atoms with Gasteiger partial charge >= 0.3 is 0 Å². The van der Waals surface area contributed by atoms with Gasteiger partial charge in [-0.15, -0.1) is 17.9 Å². The maximum Gasteiger partial charge on any atom is 0.0940 e. The van der Waals surface area contributed by atoms with Gasteiger partial charge in [0.15, 0.2) is 0 Å². The van der Waals surface area contributed by atoms with Gasteiger partial charge in [0, 0.05) is 24.0 Å². The van der Waals surface area contributed by atoms with Gasteiger partial charge in [0.05, 0.1) is 5.01 Å². The van der Waals surface area contributed by atoms with E-state index >= 15 is 0 Å². The average Bonchev–Trinajstić information content (AvgIpc) is 2.58. The second-order valence-electron chi connectivity index (χ2n) is 2.91. The molecule has 0 saturated heterocycles. The Hall–Kier alpha value is -0.670. The zero-order valence-electron chi connectivity index (χ0n) is 7.99. The van der Waals surface area contributed by atoms with Crippen molar-refractivity contribution in [2.75, 3.05) is 6.54 Å². The standard InChI is InChI=1S/C10H16N2S/c1-3-5-9(11-4-2)8-10-12-6-7-13-10/h3,6-7,9,11H,1,4-5,8H2,2H3. The number of hydrogen-bond acceptors (Lipinski definition) is 3. The lowest BCUT2D eigenvalue weighted by atomic mass is 10.1. The first-order valence-electron chi connectivity index (χ1n) is 4.59. The van der Waals surface area contributed by atoms with Gasteiger partial charge < -0.3 is 5.32 Å². The molecule has 3 heteroatoms. The molecule has 0 aromatic carbocycles. The van der Waals surface area contributed by atoms with Crippen LogP contribution in [0.3, 0.4) is 0 Å². The number of rotatable bonds is 6. The van der Waals surface area contributed by atoms with E-state index < -0.39 is 0 Å². The van der Waals surface area contributed by atoms with Crippen molar-refractivity contribution in [3.63, 3.8) is 0 Å². The van der Waals surface area contributed by atoms with Gasteiger partial charge in [-0.25, -0.2) is 4.98 Å². The lowest BCUT2D eigenvalue weighted by molar-refractivity contribution is 0.528. The molecule has 0 amide bonds. The number of aromatic nitrogens is 1. The monoisotopic (exact) mass is 196 g/mol. The third-order valence-electron chi connectivity index (χ3n) is 1.85. The fourth-order valence-electron chi connectivity index (χ4n) is 1.29. The molecule has 1 rings (SSSR count). The minimum absolute atomic E-state index is 0.494. The quantitative estimate of drug-likeness (QED) is 0.706. The van der Waals surface area contributed by atoms with Gasteiger partial charge in [0.2, 0.25) is 0 Å². The first-order valence-corrected chi connectivity index (χ1v) is 5.47. The zero-order chi connectivity index (χ0) is 9.52. The Labute approximate surface area is 83.7 Å². The molecular formula is C10H16N2S. The summed E-state index contributed by atoms with van der Waals surface area (Å²) in [7, 11) is 0. The lowest BCUT2D eigenvalue weighted by Gasteiger charge is -2.13. The molecule has 1 aromatic heterocycles. The van der Waals surface area contributed by atoms with E-state index in [0.29, 0.717) is 6.04 Å². The van der Waals surface area contributed by atoms with E-state index in [0.717, 1.165) is 19.4 Å². The second kappa shape index (κ2) is 5.89. The molecule has 0 saturated carbocycles. The molecule has 1 unspecified atom stereocenters. The summed E-state index contributed by atoms with van der Waals surface area (Å²) < 4.78 is 0. The number of hydrogen-bond donors (Lipinski definition) is 1. The van der Waals surface area contributed by atoms with Gasteiger partial charge in [0.1, 0.15) is 0 Å². The molecule has 2 nitrogen and oxygen atoms in total. The molecule has 13 heavy (non-hydrogen) atoms. The summed E-state index contributed by atoms with van der Waals surface area (Å²) in [6.45, 7) is 6.88. The summed E-state index contributed by atoms with van der Waals surface area (Å²) >= 11 is 1.72. The van der Waals surface area contributed by atoms with Crippen LogP contribution in [0.25, 0.3) is 0 Å². The molecular weight excluding hydrogens is 180 g/mol. The van der Waals surface area contributed by atoms with Crippen molar-refractivity contribution in [2.24, 2.45) is 0 Å². The third-order valence-corrected chi connectivity index (χ3v) is 2.65. The summed E-state index contributed by atoms with van der Waals surface area (Å²) in [4.78, 5) is 4.26. The van der Waals surface area contributed by atoms with E-state index in [2.05, 4.69) is 23.8 Å². The lowest BCUT2D eigenvalue weighted by Crippen LogP contribution is -2.30. The van der Waals surface area contributed by atoms with Gasteiger partial charge in [-0.1, -0.05) is 13.0 Å². The van der Waals surface area contributed by atoms with Crippen molar-refractivity contribution >= 4 is 11.3 Å². The molecule has 1 atom stereocenters. The average molecular weight is 196 g/mol. The van der Waals surface area contributed by atoms with Crippen LogP contribution in [0.4, 0.5) is 0 Å². The number of likely N-dealkylation sites (N-methyl/N-ethyl adjacent to an activating group) is 1. The largest absolute Gasteiger partial charge is 0.314 e. The fourth-order valence-corrected chi connectivity index (χ4v) is 1.99. The molecule has 0 radical (unpaired) electrons. The Morgan fingerprint density at radius 3 is 3.15 bits per heavy atom. The molecule has 72 valence electrons. The Kier molecular flexibility index (Phi) is 4.72. The predicted octanol–water partition coefficient (Wildman–Crippen LogP) is 2.24. The maximum atomic E-state index is 4.26. The van der Waals surface area contributed by atoms with E-state index in [1.54, 1.807) is 11.3 Å². The summed E-state index contributed by atoms with van der Waals surface area (Å²) in [5.41, 5.74) is 0. The van der Waals surface area contributed by atoms with Crippen LogP contribution in [0.1, 0.15) is 18.4 Å². The summed E-state index contributed by atoms with van der Waals surface area (Å²) in [6, 6.07) is 0.494. The third kappa shape index (κ3) is 3.70. The second-order valence-corrected chi connectivity index (χ2v) is 3.89. The summed E-state index contributed by atoms with van der Waals surface area (Å²) in [5, 5.41) is 6.64. The molecule has 1 heterocycles. The van der Waals surface area contributed by atoms with Gasteiger partial charge in [-0.2, -0.15) is 0 Å². The highest BCUT2D eigenvalue weighted by atomic mass is 32.1. The number of nitrogens with zero attached hydrogens (tertiary/aromatic N) is 1. The SMILES string of the molecule is C=CCC(Cc1nccs1)NCC. The molecule has 0 aliphatic rings. The van der Waals surface area contributed by atoms with Crippen molar-refractivity contribution < 1.29 is 0 Å². The van der Waals surface area contributed by atoms with Crippen molar-refractivity contribution in [3.05, 3.63) is 29.2 Å². The summed E-state index contributed by atoms with van der Waals surface area (Å²) in [5.74, 6) is 0. The zero-order valence-corrected chi connectivity index (χ0v) is 8.81. The Bertz CT molecular complexity index is 231. The highest BCUT2D eigenvalue weighted by molar-refractivity contribution is 7.09. The highest BCUT2D eigenvalue weighted by Gasteiger charge is 2.07. The maximum absolute atomic E-state index is 4.26.